The van der Waals surface area contributed by atoms with Crippen LogP contribution >= 0.6 is 11.6 Å². The number of hydrogen-bond acceptors (Lipinski definition) is 1. The fraction of sp³-hybridized carbons (Fsp3) is 0.267. The average molecular weight is 274 g/mol. The zero-order valence-electron chi connectivity index (χ0n) is 11.3. The highest BCUT2D eigenvalue weighted by atomic mass is 35.5. The maximum Gasteiger partial charge on any atom is 0.0865 e. The normalized spacial score (nSPS) is 11.4. The number of halogens is 1. The first-order valence-electron chi connectivity index (χ1n) is 6.31. The highest BCUT2D eigenvalue weighted by Crippen LogP contribution is 2.24. The predicted octanol–water partition coefficient (Wildman–Crippen LogP) is 3.69. The monoisotopic (exact) mass is 273 g/mol. The minimum Gasteiger partial charge on any atom is -0.339 e. The van der Waals surface area contributed by atoms with Crippen LogP contribution in [0, 0.1) is 13.8 Å². The number of hydrogen-bond donors (Lipinski definition) is 0. The molecular weight excluding hydrogens is 258 g/mol. The summed E-state index contributed by atoms with van der Waals surface area (Å²) in [5.41, 5.74) is 4.39. The summed E-state index contributed by atoms with van der Waals surface area (Å²) in [6, 6.07) is 10.6. The topological polar surface area (TPSA) is 22.8 Å². The first kappa shape index (κ1) is 12.3. The van der Waals surface area contributed by atoms with Crippen LogP contribution in [-0.2, 0) is 13.6 Å². The summed E-state index contributed by atoms with van der Waals surface area (Å²) in [6.07, 6.45) is 0. The van der Waals surface area contributed by atoms with Crippen LogP contribution in [0.4, 0.5) is 0 Å². The van der Waals surface area contributed by atoms with Crippen molar-refractivity contribution >= 4 is 22.5 Å². The second-order valence-electron chi connectivity index (χ2n) is 4.90. The molecule has 0 aliphatic heterocycles. The van der Waals surface area contributed by atoms with Crippen LogP contribution in [0.2, 0.25) is 5.02 Å². The van der Waals surface area contributed by atoms with Crippen LogP contribution in [-0.4, -0.2) is 14.3 Å². The SMILES string of the molecule is Cc1nn(C)c(Cn2c(C)cc3ccccc32)c1Cl. The Morgan fingerprint density at radius 1 is 1.21 bits per heavy atom. The van der Waals surface area contributed by atoms with E-state index in [4.69, 9.17) is 11.6 Å². The molecule has 0 radical (unpaired) electrons. The molecule has 4 heteroatoms. The molecule has 3 nitrogen and oxygen atoms in total. The molecule has 0 N–H and O–H groups in total. The van der Waals surface area contributed by atoms with Gasteiger partial charge in [-0.05, 0) is 31.4 Å². The average Bonchev–Trinajstić information content (AvgIpc) is 2.82. The van der Waals surface area contributed by atoms with Crippen molar-refractivity contribution in [2.75, 3.05) is 0 Å². The minimum absolute atomic E-state index is 0.746. The van der Waals surface area contributed by atoms with Crippen molar-refractivity contribution in [3.63, 3.8) is 0 Å². The largest absolute Gasteiger partial charge is 0.339 e. The van der Waals surface area contributed by atoms with Crippen molar-refractivity contribution in [2.45, 2.75) is 20.4 Å². The molecule has 98 valence electrons. The van der Waals surface area contributed by atoms with Crippen molar-refractivity contribution in [1.82, 2.24) is 14.3 Å². The Morgan fingerprint density at radius 3 is 2.63 bits per heavy atom. The highest BCUT2D eigenvalue weighted by molar-refractivity contribution is 6.31. The van der Waals surface area contributed by atoms with Crippen molar-refractivity contribution in [3.8, 4) is 0 Å². The standard InChI is InChI=1S/C15H16ClN3/c1-10-8-12-6-4-5-7-13(12)19(10)9-14-15(16)11(2)17-18(14)3/h4-8H,9H2,1-3H3. The number of para-hydroxylation sites is 1. The van der Waals surface area contributed by atoms with E-state index in [0.717, 1.165) is 23.0 Å². The molecule has 19 heavy (non-hydrogen) atoms. The summed E-state index contributed by atoms with van der Waals surface area (Å²) in [6.45, 7) is 4.80. The minimum atomic E-state index is 0.746. The fourth-order valence-electron chi connectivity index (χ4n) is 2.56. The predicted molar refractivity (Wildman–Crippen MR) is 78.7 cm³/mol. The lowest BCUT2D eigenvalue weighted by Crippen LogP contribution is -2.07. The van der Waals surface area contributed by atoms with Gasteiger partial charge in [-0.2, -0.15) is 5.10 Å². The molecule has 0 saturated carbocycles. The number of benzene rings is 1. The summed E-state index contributed by atoms with van der Waals surface area (Å²) in [5, 5.41) is 6.40. The molecule has 0 bridgehead atoms. The molecular formula is C15H16ClN3. The molecule has 2 heterocycles. The Balaban J connectivity index is 2.13. The zero-order valence-corrected chi connectivity index (χ0v) is 12.1. The van der Waals surface area contributed by atoms with E-state index in [1.807, 2.05) is 18.7 Å². The van der Waals surface area contributed by atoms with Gasteiger partial charge >= 0.3 is 0 Å². The van der Waals surface area contributed by atoms with Crippen LogP contribution < -0.4 is 0 Å². The van der Waals surface area contributed by atoms with E-state index >= 15 is 0 Å². The van der Waals surface area contributed by atoms with Gasteiger partial charge in [0.05, 0.1) is 23.0 Å². The first-order chi connectivity index (χ1) is 9.08. The van der Waals surface area contributed by atoms with Gasteiger partial charge in [0.1, 0.15) is 0 Å². The Hall–Kier alpha value is -1.74. The lowest BCUT2D eigenvalue weighted by molar-refractivity contribution is 0.666. The van der Waals surface area contributed by atoms with E-state index in [1.54, 1.807) is 0 Å². The Labute approximate surface area is 117 Å². The van der Waals surface area contributed by atoms with Gasteiger partial charge in [0, 0.05) is 18.3 Å². The summed E-state index contributed by atoms with van der Waals surface area (Å²) < 4.78 is 4.14. The maximum atomic E-state index is 6.34. The molecule has 0 atom stereocenters. The molecule has 0 saturated heterocycles. The van der Waals surface area contributed by atoms with Gasteiger partial charge in [0.25, 0.3) is 0 Å². The lowest BCUT2D eigenvalue weighted by Gasteiger charge is -2.09. The van der Waals surface area contributed by atoms with Crippen molar-refractivity contribution in [2.24, 2.45) is 7.05 Å². The number of aryl methyl sites for hydroxylation is 3. The molecule has 0 aliphatic carbocycles. The van der Waals surface area contributed by atoms with E-state index < -0.39 is 0 Å². The number of nitrogens with zero attached hydrogens (tertiary/aromatic N) is 3. The van der Waals surface area contributed by atoms with Crippen LogP contribution in [0.25, 0.3) is 10.9 Å². The maximum absolute atomic E-state index is 6.34. The van der Waals surface area contributed by atoms with E-state index in [1.165, 1.54) is 16.6 Å². The van der Waals surface area contributed by atoms with Crippen LogP contribution in [0.3, 0.4) is 0 Å². The van der Waals surface area contributed by atoms with E-state index in [9.17, 15) is 0 Å². The third kappa shape index (κ3) is 1.94. The number of rotatable bonds is 2. The third-order valence-electron chi connectivity index (χ3n) is 3.59. The summed E-state index contributed by atoms with van der Waals surface area (Å²) in [7, 11) is 1.94. The summed E-state index contributed by atoms with van der Waals surface area (Å²) >= 11 is 6.34. The van der Waals surface area contributed by atoms with Crippen molar-refractivity contribution in [3.05, 3.63) is 52.4 Å². The highest BCUT2D eigenvalue weighted by Gasteiger charge is 2.13. The van der Waals surface area contributed by atoms with Gasteiger partial charge in [-0.15, -0.1) is 0 Å². The van der Waals surface area contributed by atoms with Gasteiger partial charge < -0.3 is 4.57 Å². The second-order valence-corrected chi connectivity index (χ2v) is 5.28. The summed E-state index contributed by atoms with van der Waals surface area (Å²) in [5.74, 6) is 0. The van der Waals surface area contributed by atoms with Gasteiger partial charge in [-0.25, -0.2) is 0 Å². The molecule has 3 aromatic rings. The second kappa shape index (κ2) is 4.42. The van der Waals surface area contributed by atoms with Crippen LogP contribution in [0.1, 0.15) is 17.1 Å². The van der Waals surface area contributed by atoms with E-state index in [-0.39, 0.29) is 0 Å². The smallest absolute Gasteiger partial charge is 0.0865 e. The van der Waals surface area contributed by atoms with Gasteiger partial charge in [0.2, 0.25) is 0 Å². The van der Waals surface area contributed by atoms with Crippen LogP contribution in [0.15, 0.2) is 30.3 Å². The Morgan fingerprint density at radius 2 is 1.95 bits per heavy atom. The molecule has 0 aliphatic rings. The van der Waals surface area contributed by atoms with E-state index in [0.29, 0.717) is 0 Å². The summed E-state index contributed by atoms with van der Waals surface area (Å²) in [4.78, 5) is 0. The molecule has 0 unspecified atom stereocenters. The number of aromatic nitrogens is 3. The van der Waals surface area contributed by atoms with Crippen LogP contribution in [0.5, 0.6) is 0 Å². The van der Waals surface area contributed by atoms with Crippen molar-refractivity contribution < 1.29 is 0 Å². The zero-order chi connectivity index (χ0) is 13.6. The first-order valence-corrected chi connectivity index (χ1v) is 6.68. The Kier molecular flexibility index (Phi) is 2.86. The third-order valence-corrected chi connectivity index (χ3v) is 4.08. The molecule has 2 aromatic heterocycles. The van der Waals surface area contributed by atoms with Gasteiger partial charge in [-0.1, -0.05) is 29.8 Å². The van der Waals surface area contributed by atoms with E-state index in [2.05, 4.69) is 46.9 Å². The number of fused-ring (bicyclic) bond motifs is 1. The lowest BCUT2D eigenvalue weighted by atomic mass is 10.2. The van der Waals surface area contributed by atoms with Gasteiger partial charge in [-0.3, -0.25) is 4.68 Å². The quantitative estimate of drug-likeness (QED) is 0.698. The molecule has 3 rings (SSSR count). The molecule has 0 fully saturated rings. The molecule has 1 aromatic carbocycles. The fourth-order valence-corrected chi connectivity index (χ4v) is 2.78. The van der Waals surface area contributed by atoms with Crippen molar-refractivity contribution in [1.29, 1.82) is 0 Å². The Bertz CT molecular complexity index is 752. The van der Waals surface area contributed by atoms with Gasteiger partial charge in [0.15, 0.2) is 0 Å². The molecule has 0 spiro atoms. The molecule has 0 amide bonds.